The van der Waals surface area contributed by atoms with Crippen molar-refractivity contribution < 1.29 is 114 Å². The van der Waals surface area contributed by atoms with E-state index in [4.69, 9.17) is 62.6 Å². The van der Waals surface area contributed by atoms with Gasteiger partial charge in [-0.1, -0.05) is 0 Å². The van der Waals surface area contributed by atoms with Crippen LogP contribution in [0.4, 0.5) is 0 Å². The second-order valence-electron chi connectivity index (χ2n) is 21.5. The number of nitrogens with two attached hydrogens (primary N) is 1. The normalized spacial score (nSPS) is 11.0. The Morgan fingerprint density at radius 2 is 0.351 bits per heavy atom. The van der Waals surface area contributed by atoms with Crippen LogP contribution in [-0.4, -0.2) is 446 Å². The van der Waals surface area contributed by atoms with Crippen LogP contribution in [0.5, 0.6) is 0 Å². The Balaban J connectivity index is 6.90. The lowest BCUT2D eigenvalue weighted by Crippen LogP contribution is -2.54. The fraction of sp³-hybridized carbons (Fsp3) is 0.800. The number of ether oxygens (including phenoxy) is 12. The number of amides is 12. The van der Waals surface area contributed by atoms with Gasteiger partial charge in [0.2, 0.25) is 70.9 Å². The molecular weight excluding hydrogens is 1290 g/mol. The van der Waals surface area contributed by atoms with Crippen molar-refractivity contribution in [2.75, 3.05) is 322 Å². The molecule has 37 heteroatoms. The third kappa shape index (κ3) is 39.3. The molecule has 97 heavy (non-hydrogen) atoms. The number of nitrogens with one attached hydrogen (secondary N) is 1. The Labute approximate surface area is 570 Å². The summed E-state index contributed by atoms with van der Waals surface area (Å²) in [6, 6.07) is 0. The van der Waals surface area contributed by atoms with Crippen LogP contribution >= 0.6 is 0 Å². The summed E-state index contributed by atoms with van der Waals surface area (Å²) in [6.07, 6.45) is 0. The molecule has 0 atom stereocenters. The summed E-state index contributed by atoms with van der Waals surface area (Å²) in [6.45, 7) is -6.79. The van der Waals surface area contributed by atoms with E-state index in [9.17, 15) is 57.5 Å². The highest BCUT2D eigenvalue weighted by atomic mass is 16.5. The Kier molecular flexibility index (Phi) is 52.1. The molecule has 0 fully saturated rings. The van der Waals surface area contributed by atoms with Gasteiger partial charge in [-0.3, -0.25) is 57.5 Å². The van der Waals surface area contributed by atoms with Crippen LogP contribution in [0.2, 0.25) is 0 Å². The summed E-state index contributed by atoms with van der Waals surface area (Å²) in [5.74, 6) is -8.11. The van der Waals surface area contributed by atoms with Crippen LogP contribution in [-0.2, 0) is 114 Å². The highest BCUT2D eigenvalue weighted by Crippen LogP contribution is 2.09. The molecule has 0 aromatic heterocycles. The molecule has 12 amide bonds. The number of carbonyl (C=O) groups excluding carboxylic acids is 12. The van der Waals surface area contributed by atoms with Gasteiger partial charge >= 0.3 is 0 Å². The monoisotopic (exact) mass is 1400 g/mol. The van der Waals surface area contributed by atoms with Gasteiger partial charge in [-0.15, -0.1) is 0 Å². The molecular formula is C60H111N13O24. The fourth-order valence-electron chi connectivity index (χ4n) is 8.73. The molecule has 0 spiro atoms. The first-order valence-corrected chi connectivity index (χ1v) is 31.5. The Bertz CT molecular complexity index is 2320. The summed E-state index contributed by atoms with van der Waals surface area (Å²) in [7, 11) is 16.8. The molecule has 37 nitrogen and oxygen atoms in total. The van der Waals surface area contributed by atoms with Crippen LogP contribution in [0.3, 0.4) is 0 Å². The minimum atomic E-state index is -0.788. The molecule has 0 heterocycles. The van der Waals surface area contributed by atoms with E-state index < -0.39 is 143 Å². The van der Waals surface area contributed by atoms with Crippen molar-refractivity contribution >= 4 is 70.9 Å². The van der Waals surface area contributed by atoms with Crippen molar-refractivity contribution in [2.24, 2.45) is 5.73 Å². The lowest BCUT2D eigenvalue weighted by atomic mass is 10.3. The molecule has 0 rings (SSSR count). The van der Waals surface area contributed by atoms with E-state index >= 15 is 0 Å². The first-order valence-electron chi connectivity index (χ1n) is 31.5. The van der Waals surface area contributed by atoms with E-state index in [1.807, 2.05) is 0 Å². The molecule has 0 radical (unpaired) electrons. The van der Waals surface area contributed by atoms with Gasteiger partial charge in [0, 0.05) is 164 Å². The average Bonchev–Trinajstić information content (AvgIpc) is 1.26. The van der Waals surface area contributed by atoms with E-state index in [2.05, 4.69) is 5.32 Å². The number of primary amides is 1. The lowest BCUT2D eigenvalue weighted by molar-refractivity contribution is -0.150. The highest BCUT2D eigenvalue weighted by Gasteiger charge is 2.33. The van der Waals surface area contributed by atoms with Crippen LogP contribution < -0.4 is 11.1 Å². The molecule has 0 bridgehead atoms. The summed E-state index contributed by atoms with van der Waals surface area (Å²) < 4.78 is 62.7. The minimum absolute atomic E-state index is 0.00146. The molecule has 3 N–H and O–H groups in total. The number of hydrogen-bond donors (Lipinski definition) is 2. The highest BCUT2D eigenvalue weighted by molar-refractivity contribution is 5.95. The summed E-state index contributed by atoms with van der Waals surface area (Å²) in [5, 5.41) is 2.96. The van der Waals surface area contributed by atoms with Gasteiger partial charge in [0.25, 0.3) is 0 Å². The number of nitrogens with zero attached hydrogens (tertiary/aromatic N) is 11. The van der Waals surface area contributed by atoms with Crippen LogP contribution in [0.25, 0.3) is 0 Å². The van der Waals surface area contributed by atoms with Crippen molar-refractivity contribution in [3.8, 4) is 0 Å². The number of methoxy groups -OCH3 is 12. The Morgan fingerprint density at radius 1 is 0.216 bits per heavy atom. The van der Waals surface area contributed by atoms with Crippen molar-refractivity contribution in [3.05, 3.63) is 0 Å². The van der Waals surface area contributed by atoms with Crippen LogP contribution in [0.1, 0.15) is 0 Å². The molecule has 0 unspecified atom stereocenters. The van der Waals surface area contributed by atoms with E-state index in [-0.39, 0.29) is 151 Å². The quantitative estimate of drug-likeness (QED) is 0.0534. The number of carbonyl (C=O) groups is 12. The molecule has 0 aromatic carbocycles. The van der Waals surface area contributed by atoms with Crippen molar-refractivity contribution in [1.29, 1.82) is 0 Å². The smallest absolute Gasteiger partial charge is 0.242 e. The zero-order valence-corrected chi connectivity index (χ0v) is 59.3. The van der Waals surface area contributed by atoms with Gasteiger partial charge in [-0.2, -0.15) is 0 Å². The van der Waals surface area contributed by atoms with Crippen molar-refractivity contribution in [3.63, 3.8) is 0 Å². The van der Waals surface area contributed by atoms with E-state index in [1.54, 1.807) is 0 Å². The van der Waals surface area contributed by atoms with Crippen molar-refractivity contribution in [2.45, 2.75) is 0 Å². The standard InChI is InChI=1S/C60H111N13O24/c1-86-25-13-62-37-50(75)64(15-27-88-3)39-52(77)66(17-29-90-5)41-54(79)68(19-31-92-7)43-56(81)70(21-33-94-9)45-58(83)72(23-35-96-11)47-60(85)73(24-36-97-12)48-59(84)71(22-34-95-10)46-57(82)69(20-32-93-8)44-55(80)67(18-30-91-6)42-53(78)65(16-28-89-4)40-51(76)63(14-26-87-2)38-49(61)74/h62H,13-48H2,1-12H3,(H2,61,74). The van der Waals surface area contributed by atoms with E-state index in [0.29, 0.717) is 13.2 Å². The van der Waals surface area contributed by atoms with Crippen LogP contribution in [0, 0.1) is 0 Å². The first-order chi connectivity index (χ1) is 46.5. The predicted molar refractivity (Wildman–Crippen MR) is 347 cm³/mol. The zero-order chi connectivity index (χ0) is 72.9. The van der Waals surface area contributed by atoms with Gasteiger partial charge in [0.1, 0.15) is 0 Å². The molecule has 0 aliphatic carbocycles. The fourth-order valence-corrected chi connectivity index (χ4v) is 8.73. The van der Waals surface area contributed by atoms with Gasteiger partial charge in [0.05, 0.1) is 158 Å². The molecule has 0 aliphatic rings. The van der Waals surface area contributed by atoms with Gasteiger partial charge in [-0.25, -0.2) is 0 Å². The van der Waals surface area contributed by atoms with Gasteiger partial charge in [0.15, 0.2) is 0 Å². The second-order valence-corrected chi connectivity index (χ2v) is 21.5. The number of hydrogen-bond acceptors (Lipinski definition) is 25. The Hall–Kier alpha value is -6.88. The lowest BCUT2D eigenvalue weighted by Gasteiger charge is -2.33. The minimum Gasteiger partial charge on any atom is -0.383 e. The van der Waals surface area contributed by atoms with Crippen LogP contribution in [0.15, 0.2) is 0 Å². The Morgan fingerprint density at radius 3 is 0.485 bits per heavy atom. The molecule has 0 aliphatic heterocycles. The SMILES string of the molecule is COCCNCC(=O)N(CCOC)CC(=O)N(CCOC)CC(=O)N(CCOC)CC(=O)N(CCOC)CC(=O)N(CCOC)CC(=O)N(CCOC)CC(=O)N(CCOC)CC(=O)N(CCOC)CC(=O)N(CCOC)CC(=O)N(CCOC)CC(=O)N(CCOC)CC(N)=O. The van der Waals surface area contributed by atoms with Crippen molar-refractivity contribution in [1.82, 2.24) is 59.2 Å². The summed E-state index contributed by atoms with van der Waals surface area (Å²) in [4.78, 5) is 180. The topological polar surface area (TPSA) is 389 Å². The maximum absolute atomic E-state index is 14.5. The molecule has 0 saturated carbocycles. The zero-order valence-electron chi connectivity index (χ0n) is 59.3. The summed E-state index contributed by atoms with van der Waals surface area (Å²) >= 11 is 0. The molecule has 0 aromatic rings. The first kappa shape index (κ1) is 90.1. The maximum atomic E-state index is 14.5. The van der Waals surface area contributed by atoms with E-state index in [1.165, 1.54) is 100 Å². The largest absolute Gasteiger partial charge is 0.383 e. The molecule has 560 valence electrons. The third-order valence-corrected chi connectivity index (χ3v) is 14.5. The third-order valence-electron chi connectivity index (χ3n) is 14.5. The maximum Gasteiger partial charge on any atom is 0.242 e. The number of rotatable bonds is 60. The average molecular weight is 1400 g/mol. The predicted octanol–water partition coefficient (Wildman–Crippen LogP) is -7.07. The van der Waals surface area contributed by atoms with E-state index in [0.717, 1.165) is 39.2 Å². The molecule has 0 saturated heterocycles. The summed E-state index contributed by atoms with van der Waals surface area (Å²) in [5.41, 5.74) is 5.39. The van der Waals surface area contributed by atoms with Gasteiger partial charge < -0.3 is 122 Å². The second kappa shape index (κ2) is 56.0. The van der Waals surface area contributed by atoms with Gasteiger partial charge in [-0.05, 0) is 0 Å².